The predicted octanol–water partition coefficient (Wildman–Crippen LogP) is 3.06. The van der Waals surface area contributed by atoms with E-state index in [1.807, 2.05) is 4.90 Å². The normalized spacial score (nSPS) is 17.8. The molecule has 1 N–H and O–H groups in total. The molecule has 132 valence electrons. The van der Waals surface area contributed by atoms with E-state index in [9.17, 15) is 9.59 Å². The van der Waals surface area contributed by atoms with E-state index in [2.05, 4.69) is 50.4 Å². The summed E-state index contributed by atoms with van der Waals surface area (Å²) in [5.74, 6) is 1.04. The van der Waals surface area contributed by atoms with Crippen molar-refractivity contribution < 1.29 is 9.59 Å². The predicted molar refractivity (Wildman–Crippen MR) is 99.2 cm³/mol. The highest BCUT2D eigenvalue weighted by Crippen LogP contribution is 2.26. The van der Waals surface area contributed by atoms with Crippen LogP contribution in [0.15, 0.2) is 29.2 Å². The lowest BCUT2D eigenvalue weighted by Crippen LogP contribution is -2.33. The highest BCUT2D eigenvalue weighted by molar-refractivity contribution is 8.00. The fraction of sp³-hybridized carbons (Fsp3) is 0.579. The minimum atomic E-state index is -0.00552. The smallest absolute Gasteiger partial charge is 0.232 e. The van der Waals surface area contributed by atoms with E-state index in [0.29, 0.717) is 18.2 Å². The van der Waals surface area contributed by atoms with Crippen LogP contribution in [0.4, 0.5) is 0 Å². The number of carbonyl (C=O) groups is 2. The molecule has 0 radical (unpaired) electrons. The van der Waals surface area contributed by atoms with E-state index < -0.39 is 0 Å². The Kier molecular flexibility index (Phi) is 6.33. The molecular formula is C19H28N2O2S. The number of benzene rings is 1. The van der Waals surface area contributed by atoms with Gasteiger partial charge in [0.05, 0.1) is 5.75 Å². The minimum absolute atomic E-state index is 0.00552. The molecule has 2 amide bonds. The Labute approximate surface area is 149 Å². The first kappa shape index (κ1) is 18.8. The molecule has 1 aliphatic rings. The van der Waals surface area contributed by atoms with Gasteiger partial charge in [-0.2, -0.15) is 0 Å². The van der Waals surface area contributed by atoms with Gasteiger partial charge in [-0.15, -0.1) is 11.8 Å². The standard InChI is InChI=1S/C19H28N2O2S/c1-14(22)20-11-15-9-10-21(12-15)18(23)13-24-17-7-5-16(6-8-17)19(2,3)4/h5-8,15H,9-13H2,1-4H3,(H,20,22). The zero-order valence-corrected chi connectivity index (χ0v) is 15.9. The third-order valence-electron chi connectivity index (χ3n) is 4.36. The quantitative estimate of drug-likeness (QED) is 0.832. The Morgan fingerprint density at radius 3 is 2.50 bits per heavy atom. The van der Waals surface area contributed by atoms with Crippen LogP contribution in [-0.2, 0) is 15.0 Å². The molecule has 1 aromatic rings. The van der Waals surface area contributed by atoms with Gasteiger partial charge in [0.15, 0.2) is 0 Å². The molecule has 2 rings (SSSR count). The van der Waals surface area contributed by atoms with Crippen LogP contribution in [0.1, 0.15) is 39.7 Å². The van der Waals surface area contributed by atoms with Crippen molar-refractivity contribution in [2.75, 3.05) is 25.4 Å². The van der Waals surface area contributed by atoms with Crippen molar-refractivity contribution >= 4 is 23.6 Å². The summed E-state index contributed by atoms with van der Waals surface area (Å²) in [6.07, 6.45) is 0.969. The highest BCUT2D eigenvalue weighted by Gasteiger charge is 2.26. The largest absolute Gasteiger partial charge is 0.356 e. The van der Waals surface area contributed by atoms with E-state index in [-0.39, 0.29) is 17.2 Å². The summed E-state index contributed by atoms with van der Waals surface area (Å²) >= 11 is 1.59. The van der Waals surface area contributed by atoms with E-state index in [1.54, 1.807) is 11.8 Å². The molecule has 4 nitrogen and oxygen atoms in total. The second kappa shape index (κ2) is 8.06. The molecule has 1 unspecified atom stereocenters. The molecule has 0 aromatic heterocycles. The van der Waals surface area contributed by atoms with Crippen LogP contribution in [0.2, 0.25) is 0 Å². The first-order chi connectivity index (χ1) is 11.3. The van der Waals surface area contributed by atoms with Crippen LogP contribution >= 0.6 is 11.8 Å². The van der Waals surface area contributed by atoms with Crippen LogP contribution in [0.25, 0.3) is 0 Å². The van der Waals surface area contributed by atoms with Gasteiger partial charge in [0.2, 0.25) is 11.8 Å². The molecule has 0 spiro atoms. The van der Waals surface area contributed by atoms with Crippen LogP contribution in [0.5, 0.6) is 0 Å². The van der Waals surface area contributed by atoms with Crippen molar-refractivity contribution in [3.8, 4) is 0 Å². The lowest BCUT2D eigenvalue weighted by Gasteiger charge is -2.19. The second-order valence-electron chi connectivity index (χ2n) is 7.49. The minimum Gasteiger partial charge on any atom is -0.356 e. The van der Waals surface area contributed by atoms with Crippen molar-refractivity contribution in [1.82, 2.24) is 10.2 Å². The Hall–Kier alpha value is -1.49. The zero-order valence-electron chi connectivity index (χ0n) is 15.1. The number of likely N-dealkylation sites (tertiary alicyclic amines) is 1. The molecule has 1 saturated heterocycles. The number of nitrogens with zero attached hydrogens (tertiary/aromatic N) is 1. The molecule has 0 aliphatic carbocycles. The van der Waals surface area contributed by atoms with Crippen molar-refractivity contribution in [2.24, 2.45) is 5.92 Å². The highest BCUT2D eigenvalue weighted by atomic mass is 32.2. The molecule has 5 heteroatoms. The van der Waals surface area contributed by atoms with Gasteiger partial charge >= 0.3 is 0 Å². The fourth-order valence-electron chi connectivity index (χ4n) is 2.80. The Balaban J connectivity index is 1.78. The van der Waals surface area contributed by atoms with E-state index in [1.165, 1.54) is 12.5 Å². The van der Waals surface area contributed by atoms with Gasteiger partial charge in [-0.25, -0.2) is 0 Å². The Bertz CT molecular complexity index is 578. The SMILES string of the molecule is CC(=O)NCC1CCN(C(=O)CSc2ccc(C(C)(C)C)cc2)C1. The lowest BCUT2D eigenvalue weighted by molar-refractivity contribution is -0.127. The summed E-state index contributed by atoms with van der Waals surface area (Å²) in [5, 5.41) is 2.84. The van der Waals surface area contributed by atoms with Gasteiger partial charge in [-0.1, -0.05) is 32.9 Å². The zero-order chi connectivity index (χ0) is 17.7. The van der Waals surface area contributed by atoms with E-state index in [4.69, 9.17) is 0 Å². The fourth-order valence-corrected chi connectivity index (χ4v) is 3.60. The number of amides is 2. The third kappa shape index (κ3) is 5.55. The van der Waals surface area contributed by atoms with Gasteiger partial charge in [0.1, 0.15) is 0 Å². The molecule has 1 aliphatic heterocycles. The monoisotopic (exact) mass is 348 g/mol. The molecule has 0 saturated carbocycles. The summed E-state index contributed by atoms with van der Waals surface area (Å²) in [6.45, 7) is 10.3. The van der Waals surface area contributed by atoms with Crippen LogP contribution in [0, 0.1) is 5.92 Å². The van der Waals surface area contributed by atoms with Crippen molar-refractivity contribution in [3.63, 3.8) is 0 Å². The Morgan fingerprint density at radius 1 is 1.25 bits per heavy atom. The number of hydrogen-bond donors (Lipinski definition) is 1. The molecule has 1 heterocycles. The van der Waals surface area contributed by atoms with Gasteiger partial charge in [-0.05, 0) is 35.4 Å². The van der Waals surface area contributed by atoms with Crippen LogP contribution in [0.3, 0.4) is 0 Å². The summed E-state index contributed by atoms with van der Waals surface area (Å²) < 4.78 is 0. The van der Waals surface area contributed by atoms with Gasteiger partial charge in [0, 0.05) is 31.5 Å². The average molecular weight is 349 g/mol. The van der Waals surface area contributed by atoms with E-state index >= 15 is 0 Å². The number of thioether (sulfide) groups is 1. The summed E-state index contributed by atoms with van der Waals surface area (Å²) in [4.78, 5) is 26.4. The van der Waals surface area contributed by atoms with Crippen molar-refractivity contribution in [1.29, 1.82) is 0 Å². The first-order valence-electron chi connectivity index (χ1n) is 8.51. The van der Waals surface area contributed by atoms with Crippen molar-refractivity contribution in [2.45, 2.75) is 44.4 Å². The summed E-state index contributed by atoms with van der Waals surface area (Å²) in [6, 6.07) is 8.49. The van der Waals surface area contributed by atoms with E-state index in [0.717, 1.165) is 24.4 Å². The molecule has 1 aromatic carbocycles. The average Bonchev–Trinajstić information content (AvgIpc) is 2.99. The maximum Gasteiger partial charge on any atom is 0.232 e. The molecule has 0 bridgehead atoms. The summed E-state index contributed by atoms with van der Waals surface area (Å²) in [5.41, 5.74) is 1.45. The van der Waals surface area contributed by atoms with Gasteiger partial charge in [0.25, 0.3) is 0 Å². The molecular weight excluding hydrogens is 320 g/mol. The Morgan fingerprint density at radius 2 is 1.92 bits per heavy atom. The van der Waals surface area contributed by atoms with Crippen molar-refractivity contribution in [3.05, 3.63) is 29.8 Å². The van der Waals surface area contributed by atoms with Gasteiger partial charge < -0.3 is 10.2 Å². The van der Waals surface area contributed by atoms with Crippen LogP contribution < -0.4 is 5.32 Å². The first-order valence-corrected chi connectivity index (χ1v) is 9.50. The maximum atomic E-state index is 12.3. The molecule has 24 heavy (non-hydrogen) atoms. The number of hydrogen-bond acceptors (Lipinski definition) is 3. The maximum absolute atomic E-state index is 12.3. The summed E-state index contributed by atoms with van der Waals surface area (Å²) in [7, 11) is 0. The second-order valence-corrected chi connectivity index (χ2v) is 8.54. The van der Waals surface area contributed by atoms with Crippen LogP contribution in [-0.4, -0.2) is 42.1 Å². The topological polar surface area (TPSA) is 49.4 Å². The number of nitrogens with one attached hydrogen (secondary N) is 1. The number of rotatable bonds is 5. The number of carbonyl (C=O) groups excluding carboxylic acids is 2. The lowest BCUT2D eigenvalue weighted by atomic mass is 9.87. The molecule has 1 fully saturated rings. The molecule has 1 atom stereocenters. The van der Waals surface area contributed by atoms with Gasteiger partial charge in [-0.3, -0.25) is 9.59 Å². The third-order valence-corrected chi connectivity index (χ3v) is 5.36.